The van der Waals surface area contributed by atoms with E-state index >= 15 is 0 Å². The Bertz CT molecular complexity index is 1340. The molecular formula is C27H26N4O4. The minimum absolute atomic E-state index is 0.0548. The standard InChI is InChI=1S/C27H26N4O4/c32-24(28-20-10-4-5-11-20)17-30-16-19(21-12-6-7-13-23(21)30)14-22-25(33)29-27(35)31(26(22)34)15-18-8-2-1-3-9-18/h1-3,6-9,12-14,16,20H,4-5,10-11,15,17H2,(H,28,32)(H,29,33,35)/b22-14+. The fraction of sp³-hybridized carbons (Fsp3) is 0.259. The molecule has 2 aromatic carbocycles. The van der Waals surface area contributed by atoms with Gasteiger partial charge in [0, 0.05) is 28.7 Å². The van der Waals surface area contributed by atoms with Crippen LogP contribution < -0.4 is 10.6 Å². The SMILES string of the molecule is O=C(Cn1cc(/C=C2\C(=O)NC(=O)N(Cc3ccccc3)C2=O)c2ccccc21)NC1CCCC1. The lowest BCUT2D eigenvalue weighted by Gasteiger charge is -2.26. The summed E-state index contributed by atoms with van der Waals surface area (Å²) in [4.78, 5) is 51.9. The predicted molar refractivity (Wildman–Crippen MR) is 131 cm³/mol. The Balaban J connectivity index is 1.44. The monoisotopic (exact) mass is 470 g/mol. The Hall–Kier alpha value is -4.20. The number of rotatable bonds is 6. The molecule has 1 aromatic heterocycles. The number of nitrogens with zero attached hydrogens (tertiary/aromatic N) is 2. The average Bonchev–Trinajstić information content (AvgIpc) is 3.48. The van der Waals surface area contributed by atoms with Gasteiger partial charge in [-0.15, -0.1) is 0 Å². The summed E-state index contributed by atoms with van der Waals surface area (Å²) in [6.07, 6.45) is 7.54. The van der Waals surface area contributed by atoms with Crippen molar-refractivity contribution in [3.05, 3.63) is 77.5 Å². The molecule has 1 saturated heterocycles. The zero-order valence-corrected chi connectivity index (χ0v) is 19.2. The molecular weight excluding hydrogens is 444 g/mol. The maximum absolute atomic E-state index is 13.2. The molecule has 8 heteroatoms. The van der Waals surface area contributed by atoms with Crippen molar-refractivity contribution in [2.45, 2.75) is 44.8 Å². The number of fused-ring (bicyclic) bond motifs is 1. The van der Waals surface area contributed by atoms with Gasteiger partial charge < -0.3 is 9.88 Å². The van der Waals surface area contributed by atoms with Gasteiger partial charge in [0.05, 0.1) is 6.54 Å². The molecule has 8 nitrogen and oxygen atoms in total. The van der Waals surface area contributed by atoms with Crippen molar-refractivity contribution in [1.82, 2.24) is 20.1 Å². The number of barbiturate groups is 1. The maximum atomic E-state index is 13.2. The van der Waals surface area contributed by atoms with Gasteiger partial charge in [-0.1, -0.05) is 61.4 Å². The molecule has 2 fully saturated rings. The molecule has 0 unspecified atom stereocenters. The Morgan fingerprint density at radius 1 is 1.00 bits per heavy atom. The summed E-state index contributed by atoms with van der Waals surface area (Å²) in [5, 5.41) is 6.17. The number of carbonyl (C=O) groups is 4. The number of nitrogens with one attached hydrogen (secondary N) is 2. The molecule has 0 radical (unpaired) electrons. The Morgan fingerprint density at radius 3 is 2.49 bits per heavy atom. The molecule has 3 aromatic rings. The van der Waals surface area contributed by atoms with Crippen LogP contribution >= 0.6 is 0 Å². The highest BCUT2D eigenvalue weighted by Gasteiger charge is 2.36. The topological polar surface area (TPSA) is 101 Å². The third kappa shape index (κ3) is 4.73. The molecule has 5 amide bonds. The van der Waals surface area contributed by atoms with Crippen LogP contribution in [0.3, 0.4) is 0 Å². The summed E-state index contributed by atoms with van der Waals surface area (Å²) >= 11 is 0. The summed E-state index contributed by atoms with van der Waals surface area (Å²) in [5.74, 6) is -1.46. The van der Waals surface area contributed by atoms with Gasteiger partial charge in [-0.2, -0.15) is 0 Å². The number of carbonyl (C=O) groups excluding carboxylic acids is 4. The van der Waals surface area contributed by atoms with Crippen molar-refractivity contribution >= 4 is 40.7 Å². The number of para-hydroxylation sites is 1. The van der Waals surface area contributed by atoms with Gasteiger partial charge in [0.15, 0.2) is 0 Å². The summed E-state index contributed by atoms with van der Waals surface area (Å²) in [6, 6.07) is 16.1. The van der Waals surface area contributed by atoms with Crippen LogP contribution in [0, 0.1) is 0 Å². The quantitative estimate of drug-likeness (QED) is 0.426. The van der Waals surface area contributed by atoms with Gasteiger partial charge in [-0.3, -0.25) is 24.6 Å². The second kappa shape index (κ2) is 9.58. The summed E-state index contributed by atoms with van der Waals surface area (Å²) in [5.41, 5.74) is 2.09. The van der Waals surface area contributed by atoms with Crippen LogP contribution in [0.15, 0.2) is 66.4 Å². The Morgan fingerprint density at radius 2 is 1.71 bits per heavy atom. The van der Waals surface area contributed by atoms with E-state index in [0.29, 0.717) is 5.56 Å². The van der Waals surface area contributed by atoms with Crippen LogP contribution in [0.2, 0.25) is 0 Å². The van der Waals surface area contributed by atoms with E-state index < -0.39 is 17.8 Å². The number of hydrogen-bond acceptors (Lipinski definition) is 4. The van der Waals surface area contributed by atoms with Crippen LogP contribution in [0.25, 0.3) is 17.0 Å². The molecule has 2 N–H and O–H groups in total. The highest BCUT2D eigenvalue weighted by atomic mass is 16.2. The molecule has 1 aliphatic heterocycles. The van der Waals surface area contributed by atoms with Crippen LogP contribution in [-0.4, -0.2) is 39.3 Å². The van der Waals surface area contributed by atoms with Gasteiger partial charge >= 0.3 is 6.03 Å². The first-order chi connectivity index (χ1) is 17.0. The molecule has 1 saturated carbocycles. The third-order valence-corrected chi connectivity index (χ3v) is 6.52. The molecule has 0 atom stereocenters. The highest BCUT2D eigenvalue weighted by molar-refractivity contribution is 6.31. The molecule has 2 aliphatic rings. The maximum Gasteiger partial charge on any atom is 0.331 e. The normalized spacial score (nSPS) is 17.9. The van der Waals surface area contributed by atoms with Crippen LogP contribution in [0.1, 0.15) is 36.8 Å². The van der Waals surface area contributed by atoms with E-state index in [0.717, 1.165) is 47.0 Å². The van der Waals surface area contributed by atoms with Crippen LogP contribution in [0.4, 0.5) is 4.79 Å². The smallest absolute Gasteiger partial charge is 0.331 e. The summed E-state index contributed by atoms with van der Waals surface area (Å²) < 4.78 is 1.82. The second-order valence-electron chi connectivity index (χ2n) is 8.97. The number of aromatic nitrogens is 1. The first-order valence-corrected chi connectivity index (χ1v) is 11.8. The fourth-order valence-electron chi connectivity index (χ4n) is 4.78. The second-order valence-corrected chi connectivity index (χ2v) is 8.97. The van der Waals surface area contributed by atoms with Crippen molar-refractivity contribution in [2.24, 2.45) is 0 Å². The number of urea groups is 1. The first-order valence-electron chi connectivity index (χ1n) is 11.8. The zero-order valence-electron chi connectivity index (χ0n) is 19.2. The minimum atomic E-state index is -0.744. The lowest BCUT2D eigenvalue weighted by atomic mass is 10.1. The summed E-state index contributed by atoms with van der Waals surface area (Å²) in [7, 11) is 0. The molecule has 5 rings (SSSR count). The van der Waals surface area contributed by atoms with Gasteiger partial charge in [0.1, 0.15) is 12.1 Å². The van der Waals surface area contributed by atoms with Gasteiger partial charge in [-0.25, -0.2) is 4.79 Å². The van der Waals surface area contributed by atoms with E-state index in [1.54, 1.807) is 6.20 Å². The molecule has 0 spiro atoms. The van der Waals surface area contributed by atoms with E-state index in [9.17, 15) is 19.2 Å². The largest absolute Gasteiger partial charge is 0.352 e. The molecule has 0 bridgehead atoms. The van der Waals surface area contributed by atoms with E-state index in [-0.39, 0.29) is 30.6 Å². The Kier molecular flexibility index (Phi) is 6.18. The number of hydrogen-bond donors (Lipinski definition) is 2. The lowest BCUT2D eigenvalue weighted by molar-refractivity contribution is -0.130. The summed E-state index contributed by atoms with van der Waals surface area (Å²) in [6.45, 7) is 0.193. The number of imide groups is 2. The van der Waals surface area contributed by atoms with Gasteiger partial charge in [0.2, 0.25) is 5.91 Å². The minimum Gasteiger partial charge on any atom is -0.352 e. The Labute approximate surface area is 202 Å². The van der Waals surface area contributed by atoms with Crippen LogP contribution in [-0.2, 0) is 27.5 Å². The van der Waals surface area contributed by atoms with Crippen molar-refractivity contribution in [1.29, 1.82) is 0 Å². The highest BCUT2D eigenvalue weighted by Crippen LogP contribution is 2.26. The van der Waals surface area contributed by atoms with E-state index in [4.69, 9.17) is 0 Å². The number of benzene rings is 2. The van der Waals surface area contributed by atoms with Crippen molar-refractivity contribution < 1.29 is 19.2 Å². The van der Waals surface area contributed by atoms with E-state index in [2.05, 4.69) is 10.6 Å². The lowest BCUT2D eigenvalue weighted by Crippen LogP contribution is -2.53. The van der Waals surface area contributed by atoms with Crippen molar-refractivity contribution in [3.63, 3.8) is 0 Å². The predicted octanol–water partition coefficient (Wildman–Crippen LogP) is 3.36. The molecule has 35 heavy (non-hydrogen) atoms. The van der Waals surface area contributed by atoms with Crippen LogP contribution in [0.5, 0.6) is 0 Å². The van der Waals surface area contributed by atoms with Gasteiger partial charge in [-0.05, 0) is 30.5 Å². The van der Waals surface area contributed by atoms with E-state index in [1.807, 2.05) is 59.2 Å². The third-order valence-electron chi connectivity index (χ3n) is 6.52. The number of amides is 5. The van der Waals surface area contributed by atoms with Gasteiger partial charge in [0.25, 0.3) is 11.8 Å². The molecule has 2 heterocycles. The van der Waals surface area contributed by atoms with E-state index in [1.165, 1.54) is 6.08 Å². The molecule has 178 valence electrons. The molecule has 1 aliphatic carbocycles. The van der Waals surface area contributed by atoms with Crippen molar-refractivity contribution in [2.75, 3.05) is 0 Å². The first kappa shape index (κ1) is 22.6. The fourth-order valence-corrected chi connectivity index (χ4v) is 4.78. The van der Waals surface area contributed by atoms with Crippen molar-refractivity contribution in [3.8, 4) is 0 Å². The average molecular weight is 471 g/mol. The zero-order chi connectivity index (χ0) is 24.4.